The van der Waals surface area contributed by atoms with Crippen molar-refractivity contribution in [3.8, 4) is 11.1 Å². The number of hydrogen-bond acceptors (Lipinski definition) is 4. The highest BCUT2D eigenvalue weighted by atomic mass is 16.6. The zero-order valence-corrected chi connectivity index (χ0v) is 18.9. The number of rotatable bonds is 9. The number of carbonyl (C=O) groups is 1. The summed E-state index contributed by atoms with van der Waals surface area (Å²) in [7, 11) is 0. The van der Waals surface area contributed by atoms with E-state index in [1.54, 1.807) is 0 Å². The Hall–Kier alpha value is -3.44. The first-order valence-electron chi connectivity index (χ1n) is 11.4. The molecule has 1 saturated carbocycles. The summed E-state index contributed by atoms with van der Waals surface area (Å²) in [6.07, 6.45) is 2.40. The quantitative estimate of drug-likeness (QED) is 0.332. The molecule has 3 aromatic carbocycles. The molecule has 0 saturated heterocycles. The molecule has 0 aromatic heterocycles. The van der Waals surface area contributed by atoms with Crippen molar-refractivity contribution in [1.29, 1.82) is 0 Å². The summed E-state index contributed by atoms with van der Waals surface area (Å²) in [5.41, 5.74) is 6.48. The summed E-state index contributed by atoms with van der Waals surface area (Å²) >= 11 is 0. The molecule has 170 valence electrons. The highest BCUT2D eigenvalue weighted by Gasteiger charge is 2.29. The summed E-state index contributed by atoms with van der Waals surface area (Å²) in [4.78, 5) is 16.7. The zero-order valence-electron chi connectivity index (χ0n) is 18.9. The van der Waals surface area contributed by atoms with E-state index in [1.807, 2.05) is 37.3 Å². The molecule has 3 aromatic rings. The van der Waals surface area contributed by atoms with Gasteiger partial charge in [0.2, 0.25) is 0 Å². The number of carboxylic acid groups (broad SMARTS) is 1. The summed E-state index contributed by atoms with van der Waals surface area (Å²) in [6.45, 7) is 3.10. The van der Waals surface area contributed by atoms with Gasteiger partial charge in [-0.25, -0.2) is 0 Å². The number of nitrogens with zero attached hydrogens (tertiary/aromatic N) is 1. The summed E-state index contributed by atoms with van der Waals surface area (Å²) in [6, 6.07) is 27.2. The maximum Gasteiger partial charge on any atom is 0.306 e. The molecule has 0 aliphatic heterocycles. The van der Waals surface area contributed by atoms with E-state index >= 15 is 0 Å². The minimum absolute atomic E-state index is 0.203. The highest BCUT2D eigenvalue weighted by molar-refractivity contribution is 5.98. The van der Waals surface area contributed by atoms with Crippen molar-refractivity contribution in [3.05, 3.63) is 95.6 Å². The van der Waals surface area contributed by atoms with E-state index < -0.39 is 5.97 Å². The molecule has 5 heteroatoms. The third-order valence-corrected chi connectivity index (χ3v) is 6.24. The standard InChI is InChI=1S/C28H30N2O3/c1-20(30-33-19-22-9-13-25(14-10-22)24-5-3-2-4-6-24)23-11-7-21(8-12-23)18-29-27-16-15-26(17-27)28(31)32/h2-14,26-27,29H,15-19H2,1H3,(H,31,32)/b30-20-. The maximum absolute atomic E-state index is 11.1. The van der Waals surface area contributed by atoms with Crippen LogP contribution in [0.5, 0.6) is 0 Å². The first-order chi connectivity index (χ1) is 16.1. The maximum atomic E-state index is 11.1. The number of nitrogens with one attached hydrogen (secondary N) is 1. The number of oxime groups is 1. The predicted molar refractivity (Wildman–Crippen MR) is 131 cm³/mol. The molecule has 1 aliphatic carbocycles. The van der Waals surface area contributed by atoms with Gasteiger partial charge in [-0.05, 0) is 54.0 Å². The van der Waals surface area contributed by atoms with Crippen molar-refractivity contribution in [3.63, 3.8) is 0 Å². The van der Waals surface area contributed by atoms with Crippen LogP contribution in [0.3, 0.4) is 0 Å². The fourth-order valence-corrected chi connectivity index (χ4v) is 4.20. The lowest BCUT2D eigenvalue weighted by atomic mass is 10.0. The van der Waals surface area contributed by atoms with Crippen molar-refractivity contribution < 1.29 is 14.7 Å². The number of benzene rings is 3. The van der Waals surface area contributed by atoms with Crippen molar-refractivity contribution in [2.75, 3.05) is 0 Å². The lowest BCUT2D eigenvalue weighted by Crippen LogP contribution is -2.26. The molecule has 0 bridgehead atoms. The zero-order chi connectivity index (χ0) is 23.0. The number of aliphatic carboxylic acids is 1. The first kappa shape index (κ1) is 22.7. The van der Waals surface area contributed by atoms with Gasteiger partial charge < -0.3 is 15.3 Å². The second kappa shape index (κ2) is 10.9. The van der Waals surface area contributed by atoms with Crippen molar-refractivity contribution in [2.24, 2.45) is 11.1 Å². The van der Waals surface area contributed by atoms with Gasteiger partial charge in [0, 0.05) is 12.6 Å². The van der Waals surface area contributed by atoms with Crippen LogP contribution in [0.4, 0.5) is 0 Å². The van der Waals surface area contributed by atoms with Gasteiger partial charge in [0.1, 0.15) is 6.61 Å². The van der Waals surface area contributed by atoms with Crippen LogP contribution in [-0.2, 0) is 22.8 Å². The Labute approximate surface area is 195 Å². The minimum Gasteiger partial charge on any atom is -0.481 e. The molecule has 1 fully saturated rings. The molecule has 2 unspecified atom stereocenters. The Morgan fingerprint density at radius 1 is 0.939 bits per heavy atom. The van der Waals surface area contributed by atoms with E-state index in [1.165, 1.54) is 16.7 Å². The van der Waals surface area contributed by atoms with Crippen LogP contribution in [0.1, 0.15) is 42.9 Å². The Bertz CT molecular complexity index is 1080. The monoisotopic (exact) mass is 442 g/mol. The van der Waals surface area contributed by atoms with Gasteiger partial charge in [0.25, 0.3) is 0 Å². The molecule has 0 radical (unpaired) electrons. The molecule has 5 nitrogen and oxygen atoms in total. The normalized spacial score (nSPS) is 18.3. The SMILES string of the molecule is C/C(=N/OCc1ccc(-c2ccccc2)cc1)c1ccc(CNC2CCC(C(=O)O)C2)cc1. The minimum atomic E-state index is -0.676. The molecule has 1 aliphatic rings. The average molecular weight is 443 g/mol. The van der Waals surface area contributed by atoms with E-state index in [0.717, 1.165) is 36.2 Å². The van der Waals surface area contributed by atoms with Crippen LogP contribution < -0.4 is 5.32 Å². The molecular formula is C28H30N2O3. The smallest absolute Gasteiger partial charge is 0.306 e. The molecule has 4 rings (SSSR count). The van der Waals surface area contributed by atoms with E-state index in [0.29, 0.717) is 13.0 Å². The van der Waals surface area contributed by atoms with Crippen LogP contribution in [0.2, 0.25) is 0 Å². The van der Waals surface area contributed by atoms with E-state index in [2.05, 4.69) is 59.0 Å². The highest BCUT2D eigenvalue weighted by Crippen LogP contribution is 2.26. The van der Waals surface area contributed by atoms with Gasteiger partial charge in [0.15, 0.2) is 0 Å². The van der Waals surface area contributed by atoms with Gasteiger partial charge in [-0.2, -0.15) is 0 Å². The van der Waals surface area contributed by atoms with Crippen molar-refractivity contribution in [2.45, 2.75) is 45.4 Å². The molecule has 2 N–H and O–H groups in total. The fraction of sp³-hybridized carbons (Fsp3) is 0.286. The van der Waals surface area contributed by atoms with E-state index in [-0.39, 0.29) is 12.0 Å². The number of carboxylic acids is 1. The second-order valence-electron chi connectivity index (χ2n) is 8.64. The lowest BCUT2D eigenvalue weighted by molar-refractivity contribution is -0.141. The Kier molecular flexibility index (Phi) is 7.53. The van der Waals surface area contributed by atoms with Crippen LogP contribution in [0.25, 0.3) is 11.1 Å². The van der Waals surface area contributed by atoms with Crippen molar-refractivity contribution in [1.82, 2.24) is 5.32 Å². The van der Waals surface area contributed by atoms with Gasteiger partial charge in [0.05, 0.1) is 11.6 Å². The van der Waals surface area contributed by atoms with E-state index in [9.17, 15) is 4.79 Å². The molecule has 0 amide bonds. The van der Waals surface area contributed by atoms with Gasteiger partial charge in [-0.15, -0.1) is 0 Å². The predicted octanol–water partition coefficient (Wildman–Crippen LogP) is 5.64. The van der Waals surface area contributed by atoms with Crippen LogP contribution in [0, 0.1) is 5.92 Å². The Balaban J connectivity index is 1.24. The van der Waals surface area contributed by atoms with E-state index in [4.69, 9.17) is 9.94 Å². The van der Waals surface area contributed by atoms with Gasteiger partial charge in [-0.1, -0.05) is 84.0 Å². The summed E-state index contributed by atoms with van der Waals surface area (Å²) < 4.78 is 0. The molecule has 2 atom stereocenters. The second-order valence-corrected chi connectivity index (χ2v) is 8.64. The lowest BCUT2D eigenvalue weighted by Gasteiger charge is -2.12. The fourth-order valence-electron chi connectivity index (χ4n) is 4.20. The molecule has 0 heterocycles. The van der Waals surface area contributed by atoms with Crippen LogP contribution in [0.15, 0.2) is 84.0 Å². The van der Waals surface area contributed by atoms with Crippen LogP contribution >= 0.6 is 0 Å². The average Bonchev–Trinajstić information content (AvgIpc) is 3.34. The van der Waals surface area contributed by atoms with Gasteiger partial charge in [-0.3, -0.25) is 4.79 Å². The molecule has 33 heavy (non-hydrogen) atoms. The topological polar surface area (TPSA) is 70.9 Å². The number of hydrogen-bond donors (Lipinski definition) is 2. The Morgan fingerprint density at radius 3 is 2.27 bits per heavy atom. The van der Waals surface area contributed by atoms with Crippen molar-refractivity contribution >= 4 is 11.7 Å². The van der Waals surface area contributed by atoms with Crippen LogP contribution in [-0.4, -0.2) is 22.8 Å². The largest absolute Gasteiger partial charge is 0.481 e. The summed E-state index contributed by atoms with van der Waals surface area (Å²) in [5.74, 6) is -0.879. The van der Waals surface area contributed by atoms with Gasteiger partial charge >= 0.3 is 5.97 Å². The third-order valence-electron chi connectivity index (χ3n) is 6.24. The summed E-state index contributed by atoms with van der Waals surface area (Å²) in [5, 5.41) is 16.9. The first-order valence-corrected chi connectivity index (χ1v) is 11.4. The molecule has 0 spiro atoms. The third kappa shape index (κ3) is 6.30. The Morgan fingerprint density at radius 2 is 1.61 bits per heavy atom. The molecular weight excluding hydrogens is 412 g/mol.